The van der Waals surface area contributed by atoms with Crippen LogP contribution in [-0.2, 0) is 28.1 Å². The summed E-state index contributed by atoms with van der Waals surface area (Å²) in [6.45, 7) is -0.708. The first kappa shape index (κ1) is 26.7. The van der Waals surface area contributed by atoms with Crippen LogP contribution in [0.3, 0.4) is 0 Å². The van der Waals surface area contributed by atoms with Crippen LogP contribution in [0.25, 0.3) is 0 Å². The molecule has 0 bridgehead atoms. The highest BCUT2D eigenvalue weighted by atomic mass is 31.1. The molecule has 0 saturated heterocycles. The molecule has 33 heavy (non-hydrogen) atoms. The minimum Gasteiger partial charge on any atom is -0.493 e. The molecule has 0 amide bonds. The molecule has 12 heteroatoms. The van der Waals surface area contributed by atoms with Crippen molar-refractivity contribution in [3.05, 3.63) is 69.3 Å². The zero-order chi connectivity index (χ0) is 24.5. The average molecular weight is 488 g/mol. The van der Waals surface area contributed by atoms with Crippen molar-refractivity contribution in [3.8, 4) is 5.75 Å². The summed E-state index contributed by atoms with van der Waals surface area (Å²) in [6.07, 6.45) is -3.63. The van der Waals surface area contributed by atoms with Crippen LogP contribution in [-0.4, -0.2) is 35.4 Å². The zero-order valence-electron chi connectivity index (χ0n) is 17.6. The van der Waals surface area contributed by atoms with Crippen molar-refractivity contribution >= 4 is 14.4 Å². The van der Waals surface area contributed by atoms with E-state index < -0.39 is 37.5 Å². The van der Waals surface area contributed by atoms with Crippen LogP contribution in [0, 0.1) is 10.1 Å². The van der Waals surface area contributed by atoms with Gasteiger partial charge in [-0.05, 0) is 48.9 Å². The summed E-state index contributed by atoms with van der Waals surface area (Å²) in [7, 11) is -0.604. The van der Waals surface area contributed by atoms with E-state index in [4.69, 9.17) is 10.5 Å². The Bertz CT molecular complexity index is 960. The molecule has 0 radical (unpaired) electrons. The first-order valence-electron chi connectivity index (χ1n) is 9.98. The molecule has 0 fully saturated rings. The Morgan fingerprint density at radius 1 is 1.12 bits per heavy atom. The molecule has 2 aromatic carbocycles. The Labute approximate surface area is 189 Å². The van der Waals surface area contributed by atoms with E-state index in [1.807, 2.05) is 0 Å². The predicted octanol–water partition coefficient (Wildman–Crippen LogP) is 4.47. The van der Waals surface area contributed by atoms with Gasteiger partial charge in [0.25, 0.3) is 5.69 Å². The molecule has 0 saturated carbocycles. The third-order valence-electron chi connectivity index (χ3n) is 4.97. The number of nitrogens with zero attached hydrogens (tertiary/aromatic N) is 1. The van der Waals surface area contributed by atoms with Crippen LogP contribution in [0.5, 0.6) is 5.75 Å². The van der Waals surface area contributed by atoms with Gasteiger partial charge in [-0.2, -0.15) is 13.2 Å². The molecule has 2 rings (SSSR count). The maximum atomic E-state index is 13.6. The lowest BCUT2D eigenvalue weighted by molar-refractivity contribution is -0.384. The van der Waals surface area contributed by atoms with Crippen LogP contribution in [0.2, 0.25) is 0 Å². The van der Waals surface area contributed by atoms with Crippen LogP contribution >= 0.6 is 8.69 Å². The average Bonchev–Trinajstić information content (AvgIpc) is 2.79. The van der Waals surface area contributed by atoms with Gasteiger partial charge in [0.15, 0.2) is 0 Å². The summed E-state index contributed by atoms with van der Waals surface area (Å²) < 4.78 is 61.2. The molecule has 0 aromatic heterocycles. The molecule has 180 valence electrons. The van der Waals surface area contributed by atoms with E-state index in [9.17, 15) is 33.0 Å². The second-order valence-electron chi connectivity index (χ2n) is 7.58. The van der Waals surface area contributed by atoms with Gasteiger partial charge >= 0.3 is 14.9 Å². The van der Waals surface area contributed by atoms with Crippen molar-refractivity contribution in [2.75, 3.05) is 19.8 Å². The molecular weight excluding hydrogens is 464 g/mol. The van der Waals surface area contributed by atoms with E-state index in [0.717, 1.165) is 6.07 Å². The fourth-order valence-corrected chi connectivity index (χ4v) is 3.42. The number of nitro groups is 1. The number of ether oxygens (including phenoxy) is 1. The van der Waals surface area contributed by atoms with Crippen molar-refractivity contribution in [2.24, 2.45) is 5.73 Å². The fraction of sp³-hybridized carbons (Fsp3) is 0.429. The molecule has 0 aliphatic rings. The third-order valence-corrected chi connectivity index (χ3v) is 5.20. The Morgan fingerprint density at radius 2 is 1.85 bits per heavy atom. The quantitative estimate of drug-likeness (QED) is 0.184. The smallest absolute Gasteiger partial charge is 0.419 e. The summed E-state index contributed by atoms with van der Waals surface area (Å²) in [5.41, 5.74) is 4.74. The predicted molar refractivity (Wildman–Crippen MR) is 114 cm³/mol. The van der Waals surface area contributed by atoms with Crippen LogP contribution < -0.4 is 10.5 Å². The van der Waals surface area contributed by atoms with E-state index in [1.165, 1.54) is 24.3 Å². The topological polar surface area (TPSA) is 125 Å². The van der Waals surface area contributed by atoms with Gasteiger partial charge in [-0.1, -0.05) is 18.2 Å². The lowest BCUT2D eigenvalue weighted by atomic mass is 9.93. The number of aliphatic hydroxyl groups is 1. The second-order valence-corrected chi connectivity index (χ2v) is 7.98. The fourth-order valence-electron chi connectivity index (χ4n) is 3.11. The Balaban J connectivity index is 2.02. The lowest BCUT2D eigenvalue weighted by Gasteiger charge is -2.25. The number of hydrogen-bond donors (Lipinski definition) is 2. The van der Waals surface area contributed by atoms with Crippen molar-refractivity contribution in [2.45, 2.75) is 37.4 Å². The first-order valence-corrected chi connectivity index (χ1v) is 10.7. The summed E-state index contributed by atoms with van der Waals surface area (Å²) in [6, 6.07) is 9.72. The minimum atomic E-state index is -4.65. The van der Waals surface area contributed by atoms with E-state index in [2.05, 4.69) is 4.52 Å². The number of aliphatic hydroxyl groups excluding tert-OH is 1. The minimum absolute atomic E-state index is 0.00665. The Kier molecular flexibility index (Phi) is 9.72. The van der Waals surface area contributed by atoms with Crippen molar-refractivity contribution < 1.29 is 37.0 Å². The summed E-state index contributed by atoms with van der Waals surface area (Å²) in [5.74, 6) is -0.319. The number of alkyl halides is 3. The first-order chi connectivity index (χ1) is 15.6. The normalized spacial score (nSPS) is 13.6. The van der Waals surface area contributed by atoms with Crippen LogP contribution in [0.4, 0.5) is 18.9 Å². The van der Waals surface area contributed by atoms with Gasteiger partial charge in [-0.3, -0.25) is 14.6 Å². The highest BCUT2D eigenvalue weighted by Gasteiger charge is 2.35. The van der Waals surface area contributed by atoms with Crippen LogP contribution in [0.15, 0.2) is 42.5 Å². The molecule has 0 heterocycles. The van der Waals surface area contributed by atoms with E-state index >= 15 is 0 Å². The lowest BCUT2D eigenvalue weighted by Crippen LogP contribution is -2.47. The maximum Gasteiger partial charge on any atom is 0.419 e. The third kappa shape index (κ3) is 8.36. The maximum absolute atomic E-state index is 13.6. The number of rotatable bonds is 13. The van der Waals surface area contributed by atoms with E-state index in [1.54, 1.807) is 12.1 Å². The number of benzene rings is 2. The highest BCUT2D eigenvalue weighted by Crippen LogP contribution is 2.37. The molecule has 0 spiro atoms. The van der Waals surface area contributed by atoms with E-state index in [0.29, 0.717) is 24.0 Å². The van der Waals surface area contributed by atoms with Crippen molar-refractivity contribution in [3.63, 3.8) is 0 Å². The molecule has 2 aromatic rings. The highest BCUT2D eigenvalue weighted by molar-refractivity contribution is 7.17. The van der Waals surface area contributed by atoms with Gasteiger partial charge in [0.05, 0.1) is 35.8 Å². The molecule has 1 unspecified atom stereocenters. The number of non-ortho nitro benzene ring substituents is 1. The molecule has 3 N–H and O–H groups in total. The number of aryl methyl sites for hydroxylation is 2. The Hall–Kier alpha value is -2.59. The largest absolute Gasteiger partial charge is 0.493 e. The van der Waals surface area contributed by atoms with Gasteiger partial charge in [0.1, 0.15) is 5.75 Å². The summed E-state index contributed by atoms with van der Waals surface area (Å²) in [4.78, 5) is 10.3. The summed E-state index contributed by atoms with van der Waals surface area (Å²) >= 11 is 0. The zero-order valence-corrected chi connectivity index (χ0v) is 18.5. The molecule has 8 nitrogen and oxygen atoms in total. The Morgan fingerprint density at radius 3 is 2.48 bits per heavy atom. The SMILES string of the molecule is NC(CO)(CCc1ccc(OCCCc2cccc([N+](=O)[O-])c2)c(C(F)(F)F)c1)COP=O. The van der Waals surface area contributed by atoms with Gasteiger partial charge in [-0.15, -0.1) is 0 Å². The molecular formula is C21H24F3N2O6P. The molecule has 0 aliphatic carbocycles. The van der Waals surface area contributed by atoms with Crippen LogP contribution in [0.1, 0.15) is 29.5 Å². The van der Waals surface area contributed by atoms with Gasteiger partial charge in [0, 0.05) is 12.1 Å². The summed E-state index contributed by atoms with van der Waals surface area (Å²) in [5, 5.41) is 20.2. The molecule has 1 atom stereocenters. The van der Waals surface area contributed by atoms with E-state index in [-0.39, 0.29) is 37.5 Å². The van der Waals surface area contributed by atoms with Gasteiger partial charge in [0.2, 0.25) is 0 Å². The number of nitro benzene ring substituents is 1. The molecule has 0 aliphatic heterocycles. The van der Waals surface area contributed by atoms with Crippen molar-refractivity contribution in [1.82, 2.24) is 0 Å². The van der Waals surface area contributed by atoms with Gasteiger partial charge < -0.3 is 15.6 Å². The van der Waals surface area contributed by atoms with Crippen molar-refractivity contribution in [1.29, 1.82) is 0 Å². The van der Waals surface area contributed by atoms with Gasteiger partial charge in [-0.25, -0.2) is 4.57 Å². The number of hydrogen-bond acceptors (Lipinski definition) is 7. The second kappa shape index (κ2) is 12.0. The monoisotopic (exact) mass is 488 g/mol. The standard InChI is InChI=1S/C21H24F3N2O6P/c22-21(23,24)18-12-16(8-9-20(25,13-27)14-32-33-30)6-7-19(18)31-10-2-4-15-3-1-5-17(11-15)26(28)29/h1,3,5-7,11-12,27H,2,4,8-10,13-14,25H2. The number of halogens is 3. The number of nitrogens with two attached hydrogens (primary N) is 1.